The predicted octanol–water partition coefficient (Wildman–Crippen LogP) is 2.77. The fourth-order valence-electron chi connectivity index (χ4n) is 2.41. The summed E-state index contributed by atoms with van der Waals surface area (Å²) >= 11 is 0. The molecule has 1 aromatic heterocycles. The molecule has 0 atom stereocenters. The smallest absolute Gasteiger partial charge is 0.165 e. The standard InChI is InChI=1S/C14H10O5/c15-7-3-9(16)14-8-5-11-12(18-2-1-17-11)6-10(8)19-13(14)4-7/h3-6,15-16H,1-2H2. The molecule has 0 saturated heterocycles. The maximum Gasteiger partial charge on any atom is 0.165 e. The highest BCUT2D eigenvalue weighted by molar-refractivity contribution is 6.09. The van der Waals surface area contributed by atoms with E-state index in [1.165, 1.54) is 12.1 Å². The Bertz CT molecular complexity index is 803. The van der Waals surface area contributed by atoms with E-state index in [0.717, 1.165) is 5.39 Å². The summed E-state index contributed by atoms with van der Waals surface area (Å²) in [5.74, 6) is 1.20. The zero-order valence-corrected chi connectivity index (χ0v) is 9.84. The summed E-state index contributed by atoms with van der Waals surface area (Å²) in [7, 11) is 0. The Labute approximate surface area is 107 Å². The first-order chi connectivity index (χ1) is 9.22. The van der Waals surface area contributed by atoms with Crippen molar-refractivity contribution in [1.29, 1.82) is 0 Å². The average molecular weight is 258 g/mol. The van der Waals surface area contributed by atoms with Crippen LogP contribution in [0.5, 0.6) is 23.0 Å². The minimum Gasteiger partial charge on any atom is -0.508 e. The first kappa shape index (κ1) is 10.4. The Morgan fingerprint density at radius 1 is 0.842 bits per heavy atom. The molecule has 0 fully saturated rings. The Balaban J connectivity index is 2.12. The molecule has 2 N–H and O–H groups in total. The van der Waals surface area contributed by atoms with Crippen LogP contribution in [0.3, 0.4) is 0 Å². The van der Waals surface area contributed by atoms with E-state index in [2.05, 4.69) is 0 Å². The van der Waals surface area contributed by atoms with Gasteiger partial charge in [0.15, 0.2) is 11.5 Å². The van der Waals surface area contributed by atoms with E-state index < -0.39 is 0 Å². The molecule has 2 heterocycles. The van der Waals surface area contributed by atoms with Crippen molar-refractivity contribution < 1.29 is 24.1 Å². The second kappa shape index (κ2) is 3.47. The molecule has 4 rings (SSSR count). The van der Waals surface area contributed by atoms with E-state index in [9.17, 15) is 10.2 Å². The van der Waals surface area contributed by atoms with Gasteiger partial charge in [-0.05, 0) is 6.07 Å². The molecule has 0 aliphatic carbocycles. The molecule has 5 nitrogen and oxygen atoms in total. The highest BCUT2D eigenvalue weighted by Crippen LogP contribution is 2.42. The summed E-state index contributed by atoms with van der Waals surface area (Å²) in [6, 6.07) is 6.27. The summed E-state index contributed by atoms with van der Waals surface area (Å²) in [5, 5.41) is 20.7. The fourth-order valence-corrected chi connectivity index (χ4v) is 2.41. The third-order valence-corrected chi connectivity index (χ3v) is 3.20. The van der Waals surface area contributed by atoms with E-state index in [0.29, 0.717) is 41.3 Å². The van der Waals surface area contributed by atoms with Crippen molar-refractivity contribution in [2.75, 3.05) is 13.2 Å². The van der Waals surface area contributed by atoms with Crippen molar-refractivity contribution in [3.8, 4) is 23.0 Å². The number of phenols is 2. The Kier molecular flexibility index (Phi) is 1.90. The van der Waals surface area contributed by atoms with Crippen LogP contribution in [0.25, 0.3) is 21.9 Å². The maximum atomic E-state index is 9.95. The van der Waals surface area contributed by atoms with Gasteiger partial charge in [-0.2, -0.15) is 0 Å². The number of rotatable bonds is 0. The molecular formula is C14H10O5. The summed E-state index contributed by atoms with van der Waals surface area (Å²) in [4.78, 5) is 0. The van der Waals surface area contributed by atoms with Crippen molar-refractivity contribution in [2.24, 2.45) is 0 Å². The fraction of sp³-hybridized carbons (Fsp3) is 0.143. The number of hydrogen-bond acceptors (Lipinski definition) is 5. The van der Waals surface area contributed by atoms with Crippen LogP contribution in [-0.2, 0) is 0 Å². The Hall–Kier alpha value is -2.56. The predicted molar refractivity (Wildman–Crippen MR) is 68.0 cm³/mol. The molecule has 0 saturated carbocycles. The third kappa shape index (κ3) is 1.41. The Morgan fingerprint density at radius 3 is 2.37 bits per heavy atom. The molecule has 0 spiro atoms. The minimum absolute atomic E-state index is 0.0228. The number of benzene rings is 2. The van der Waals surface area contributed by atoms with Gasteiger partial charge in [0.1, 0.15) is 35.9 Å². The van der Waals surface area contributed by atoms with Crippen LogP contribution in [-0.4, -0.2) is 23.4 Å². The third-order valence-electron chi connectivity index (χ3n) is 3.20. The van der Waals surface area contributed by atoms with Crippen LogP contribution in [0.2, 0.25) is 0 Å². The van der Waals surface area contributed by atoms with Gasteiger partial charge in [0.25, 0.3) is 0 Å². The van der Waals surface area contributed by atoms with Gasteiger partial charge in [0, 0.05) is 23.6 Å². The Morgan fingerprint density at radius 2 is 1.58 bits per heavy atom. The quantitative estimate of drug-likeness (QED) is 0.648. The number of phenolic OH excluding ortho intramolecular Hbond substituents is 2. The highest BCUT2D eigenvalue weighted by Gasteiger charge is 2.18. The van der Waals surface area contributed by atoms with E-state index in [1.807, 2.05) is 0 Å². The number of ether oxygens (including phenoxy) is 2. The van der Waals surface area contributed by atoms with Crippen LogP contribution in [0, 0.1) is 0 Å². The largest absolute Gasteiger partial charge is 0.508 e. The highest BCUT2D eigenvalue weighted by atomic mass is 16.6. The van der Waals surface area contributed by atoms with Crippen molar-refractivity contribution in [3.63, 3.8) is 0 Å². The molecule has 0 amide bonds. The van der Waals surface area contributed by atoms with Gasteiger partial charge in [-0.1, -0.05) is 0 Å². The molecule has 0 unspecified atom stereocenters. The van der Waals surface area contributed by atoms with Crippen LogP contribution < -0.4 is 9.47 Å². The van der Waals surface area contributed by atoms with Crippen molar-refractivity contribution in [3.05, 3.63) is 24.3 Å². The normalized spacial score (nSPS) is 14.1. The van der Waals surface area contributed by atoms with Crippen LogP contribution in [0.15, 0.2) is 28.7 Å². The second-order valence-corrected chi connectivity index (χ2v) is 4.43. The average Bonchev–Trinajstić information content (AvgIpc) is 2.72. The molecule has 19 heavy (non-hydrogen) atoms. The number of furan rings is 1. The first-order valence-electron chi connectivity index (χ1n) is 5.90. The lowest BCUT2D eigenvalue weighted by atomic mass is 10.1. The lowest BCUT2D eigenvalue weighted by molar-refractivity contribution is 0.172. The van der Waals surface area contributed by atoms with E-state index in [1.54, 1.807) is 12.1 Å². The zero-order valence-electron chi connectivity index (χ0n) is 9.84. The molecule has 1 aliphatic heterocycles. The van der Waals surface area contributed by atoms with Gasteiger partial charge in [-0.3, -0.25) is 0 Å². The monoisotopic (exact) mass is 258 g/mol. The molecule has 96 valence electrons. The van der Waals surface area contributed by atoms with E-state index in [4.69, 9.17) is 13.9 Å². The van der Waals surface area contributed by atoms with Crippen LogP contribution >= 0.6 is 0 Å². The van der Waals surface area contributed by atoms with Crippen LogP contribution in [0.4, 0.5) is 0 Å². The van der Waals surface area contributed by atoms with Gasteiger partial charge < -0.3 is 24.1 Å². The zero-order chi connectivity index (χ0) is 13.0. The second-order valence-electron chi connectivity index (χ2n) is 4.43. The molecule has 5 heteroatoms. The van der Waals surface area contributed by atoms with Gasteiger partial charge >= 0.3 is 0 Å². The van der Waals surface area contributed by atoms with E-state index in [-0.39, 0.29) is 11.5 Å². The first-order valence-corrected chi connectivity index (χ1v) is 5.90. The number of fused-ring (bicyclic) bond motifs is 4. The van der Waals surface area contributed by atoms with Crippen molar-refractivity contribution in [2.45, 2.75) is 0 Å². The number of hydrogen-bond donors (Lipinski definition) is 2. The maximum absolute atomic E-state index is 9.95. The van der Waals surface area contributed by atoms with E-state index >= 15 is 0 Å². The van der Waals surface area contributed by atoms with Gasteiger partial charge in [0.05, 0.1) is 5.39 Å². The van der Waals surface area contributed by atoms with Crippen LogP contribution in [0.1, 0.15) is 0 Å². The lowest BCUT2D eigenvalue weighted by Crippen LogP contribution is -2.14. The topological polar surface area (TPSA) is 72.1 Å². The lowest BCUT2D eigenvalue weighted by Gasteiger charge is -2.17. The van der Waals surface area contributed by atoms with Gasteiger partial charge in [-0.15, -0.1) is 0 Å². The SMILES string of the molecule is Oc1cc(O)c2c(c1)oc1cc3c(cc12)OCCO3. The molecule has 0 radical (unpaired) electrons. The summed E-state index contributed by atoms with van der Waals surface area (Å²) < 4.78 is 16.6. The molecule has 1 aliphatic rings. The molecule has 0 bridgehead atoms. The summed E-state index contributed by atoms with van der Waals surface area (Å²) in [6.45, 7) is 1.01. The molecular weight excluding hydrogens is 248 g/mol. The van der Waals surface area contributed by atoms with Gasteiger partial charge in [0.2, 0.25) is 0 Å². The summed E-state index contributed by atoms with van der Waals surface area (Å²) in [6.07, 6.45) is 0. The molecule has 2 aromatic carbocycles. The molecule has 3 aromatic rings. The van der Waals surface area contributed by atoms with Gasteiger partial charge in [-0.25, -0.2) is 0 Å². The summed E-state index contributed by atoms with van der Waals surface area (Å²) in [5.41, 5.74) is 1.01. The number of aromatic hydroxyl groups is 2. The van der Waals surface area contributed by atoms with Crippen molar-refractivity contribution >= 4 is 21.9 Å². The van der Waals surface area contributed by atoms with Crippen molar-refractivity contribution in [1.82, 2.24) is 0 Å². The minimum atomic E-state index is -0.0404.